The van der Waals surface area contributed by atoms with Crippen LogP contribution in [0.3, 0.4) is 0 Å². The molecule has 0 fully saturated rings. The number of primary amides is 1. The van der Waals surface area contributed by atoms with E-state index in [0.29, 0.717) is 37.6 Å². The summed E-state index contributed by atoms with van der Waals surface area (Å²) in [4.78, 5) is 53.3. The summed E-state index contributed by atoms with van der Waals surface area (Å²) in [5, 5.41) is 27.5. The minimum Gasteiger partial charge on any atom is -0.388 e. The van der Waals surface area contributed by atoms with Crippen LogP contribution in [0.2, 0.25) is 0 Å². The molecule has 250 valence electrons. The number of carbonyl (C=O) groups excluding carboxylic acids is 4. The van der Waals surface area contributed by atoms with Gasteiger partial charge in [0.2, 0.25) is 5.91 Å². The predicted molar refractivity (Wildman–Crippen MR) is 172 cm³/mol. The topological polar surface area (TPSA) is 162 Å². The molecule has 3 aromatic carbocycles. The first-order valence-electron chi connectivity index (χ1n) is 15.1. The average Bonchev–Trinajstić information content (AvgIpc) is 3.02. The Bertz CT molecular complexity index is 1520. The lowest BCUT2D eigenvalue weighted by atomic mass is 9.93. The van der Waals surface area contributed by atoms with E-state index < -0.39 is 59.6 Å². The molecule has 0 aromatic heterocycles. The fraction of sp³-hybridized carbons (Fsp3) is 0.353. The average molecular weight is 643 g/mol. The number of benzene rings is 3. The first kappa shape index (κ1) is 35.8. The fourth-order valence-electron chi connectivity index (χ4n) is 5.05. The Morgan fingerprint density at radius 2 is 1.33 bits per heavy atom. The van der Waals surface area contributed by atoms with E-state index in [9.17, 15) is 38.2 Å². The van der Waals surface area contributed by atoms with Gasteiger partial charge in [-0.2, -0.15) is 0 Å². The van der Waals surface area contributed by atoms with Crippen molar-refractivity contribution in [3.8, 4) is 0 Å². The van der Waals surface area contributed by atoms with Crippen molar-refractivity contribution in [2.75, 3.05) is 13.1 Å². The molecule has 0 radical (unpaired) electrons. The Morgan fingerprint density at radius 3 is 1.89 bits per heavy atom. The molecule has 0 aliphatic rings. The van der Waals surface area contributed by atoms with Gasteiger partial charge in [-0.1, -0.05) is 32.0 Å². The van der Waals surface area contributed by atoms with Gasteiger partial charge in [0.1, 0.15) is 23.8 Å². The van der Waals surface area contributed by atoms with Gasteiger partial charge in [-0.25, -0.2) is 8.78 Å². The number of hydrogen-bond acceptors (Lipinski definition) is 6. The Hall–Kier alpha value is -4.68. The van der Waals surface area contributed by atoms with Gasteiger partial charge in [-0.15, -0.1) is 0 Å². The van der Waals surface area contributed by atoms with Crippen molar-refractivity contribution >= 4 is 23.6 Å². The molecule has 4 atom stereocenters. The standard InChI is InChI=1S/C34H40F2N4O6.2H2/c1-4-11-40(12-5-2)34(46)25-17-23(31(37)43)16-24(18-25)33(45)39-28(15-21-13-26(35)19-27(36)14-21)30(42)29(41)20(3)38-32(44)22-9-7-6-8-10-22;;/h6-10,13-14,16-20,28-30,41-42H,4-5,11-12,15H2,1-3H3,(H2,37,43)(H,38,44)(H,39,45);2*1H/t20-,28+,29-,30-;;/m1../s1. The second-order valence-corrected chi connectivity index (χ2v) is 11.1. The third-order valence-electron chi connectivity index (χ3n) is 7.36. The molecule has 0 heterocycles. The normalized spacial score (nSPS) is 13.6. The van der Waals surface area contributed by atoms with Crippen LogP contribution in [0, 0.1) is 11.6 Å². The minimum atomic E-state index is -1.76. The monoisotopic (exact) mass is 642 g/mol. The van der Waals surface area contributed by atoms with E-state index in [2.05, 4.69) is 10.6 Å². The Morgan fingerprint density at radius 1 is 0.783 bits per heavy atom. The van der Waals surface area contributed by atoms with Gasteiger partial charge in [0.15, 0.2) is 0 Å². The molecule has 3 aromatic rings. The molecule has 0 spiro atoms. The number of halogens is 2. The van der Waals surface area contributed by atoms with E-state index in [4.69, 9.17) is 5.73 Å². The lowest BCUT2D eigenvalue weighted by molar-refractivity contribution is -0.0187. The number of aliphatic hydroxyl groups excluding tert-OH is 2. The van der Waals surface area contributed by atoms with Crippen LogP contribution in [0.5, 0.6) is 0 Å². The lowest BCUT2D eigenvalue weighted by Gasteiger charge is -2.31. The summed E-state index contributed by atoms with van der Waals surface area (Å²) in [6.07, 6.45) is -2.38. The molecule has 0 saturated carbocycles. The highest BCUT2D eigenvalue weighted by atomic mass is 19.1. The van der Waals surface area contributed by atoms with Gasteiger partial charge in [-0.3, -0.25) is 19.2 Å². The largest absolute Gasteiger partial charge is 0.388 e. The van der Waals surface area contributed by atoms with Gasteiger partial charge in [0.05, 0.1) is 12.1 Å². The predicted octanol–water partition coefficient (Wildman–Crippen LogP) is 3.70. The molecule has 0 unspecified atom stereocenters. The van der Waals surface area contributed by atoms with Crippen LogP contribution in [0.15, 0.2) is 66.7 Å². The van der Waals surface area contributed by atoms with Crippen LogP contribution in [0.1, 0.15) is 83.5 Å². The molecule has 0 bridgehead atoms. The van der Waals surface area contributed by atoms with E-state index in [1.165, 1.54) is 25.1 Å². The van der Waals surface area contributed by atoms with Crippen molar-refractivity contribution in [1.82, 2.24) is 15.5 Å². The zero-order valence-electron chi connectivity index (χ0n) is 26.0. The maximum atomic E-state index is 14.0. The maximum absolute atomic E-state index is 14.0. The maximum Gasteiger partial charge on any atom is 0.253 e. The molecule has 12 heteroatoms. The molecule has 4 amide bonds. The van der Waals surface area contributed by atoms with Crippen LogP contribution in [0.25, 0.3) is 0 Å². The first-order chi connectivity index (χ1) is 21.8. The smallest absolute Gasteiger partial charge is 0.253 e. The van der Waals surface area contributed by atoms with E-state index in [-0.39, 0.29) is 31.5 Å². The van der Waals surface area contributed by atoms with Gasteiger partial charge < -0.3 is 31.5 Å². The highest BCUT2D eigenvalue weighted by Crippen LogP contribution is 2.18. The lowest BCUT2D eigenvalue weighted by Crippen LogP contribution is -2.55. The molecule has 6 N–H and O–H groups in total. The van der Waals surface area contributed by atoms with Gasteiger partial charge in [-0.05, 0) is 74.2 Å². The summed E-state index contributed by atoms with van der Waals surface area (Å²) < 4.78 is 28.1. The Balaban J connectivity index is 0.00000576. The first-order valence-corrected chi connectivity index (χ1v) is 15.1. The van der Waals surface area contributed by atoms with Crippen LogP contribution in [-0.4, -0.2) is 76.1 Å². The third kappa shape index (κ3) is 9.66. The molecular weight excluding hydrogens is 598 g/mol. The summed E-state index contributed by atoms with van der Waals surface area (Å²) >= 11 is 0. The van der Waals surface area contributed by atoms with Crippen molar-refractivity contribution in [3.05, 3.63) is 106 Å². The van der Waals surface area contributed by atoms with Crippen molar-refractivity contribution in [1.29, 1.82) is 0 Å². The molecule has 0 aliphatic heterocycles. The van der Waals surface area contributed by atoms with Crippen LogP contribution >= 0.6 is 0 Å². The molecule has 3 rings (SSSR count). The van der Waals surface area contributed by atoms with Crippen LogP contribution in [0.4, 0.5) is 8.78 Å². The second kappa shape index (κ2) is 16.6. The van der Waals surface area contributed by atoms with E-state index in [0.717, 1.165) is 12.1 Å². The zero-order valence-corrected chi connectivity index (χ0v) is 26.0. The number of hydrogen-bond donors (Lipinski definition) is 5. The Kier molecular flexibility index (Phi) is 12.9. The van der Waals surface area contributed by atoms with Crippen molar-refractivity contribution < 1.29 is 41.0 Å². The van der Waals surface area contributed by atoms with Crippen molar-refractivity contribution in [2.45, 2.75) is 64.3 Å². The fourth-order valence-corrected chi connectivity index (χ4v) is 5.05. The molecule has 46 heavy (non-hydrogen) atoms. The van der Waals surface area contributed by atoms with E-state index in [1.54, 1.807) is 35.2 Å². The number of nitrogens with zero attached hydrogens (tertiary/aromatic N) is 1. The number of carbonyl (C=O) groups is 4. The third-order valence-corrected chi connectivity index (χ3v) is 7.36. The van der Waals surface area contributed by atoms with Gasteiger partial charge in [0, 0.05) is 44.3 Å². The summed E-state index contributed by atoms with van der Waals surface area (Å²) in [5.41, 5.74) is 5.68. The van der Waals surface area contributed by atoms with Crippen LogP contribution in [-0.2, 0) is 6.42 Å². The summed E-state index contributed by atoms with van der Waals surface area (Å²) in [6.45, 7) is 6.16. The SMILES string of the molecule is CCCN(CCC)C(=O)c1cc(C(N)=O)cc(C(=O)N[C@@H](Cc2cc(F)cc(F)c2)[C@@H](O)[C@H](O)[C@@H](C)NC(=O)c2ccccc2)c1.[HH].[HH]. The highest BCUT2D eigenvalue weighted by molar-refractivity contribution is 6.04. The van der Waals surface area contributed by atoms with Crippen LogP contribution < -0.4 is 16.4 Å². The Labute approximate surface area is 269 Å². The minimum absolute atomic E-state index is 0. The number of amides is 4. The summed E-state index contributed by atoms with van der Waals surface area (Å²) in [6, 6.07) is 12.2. The van der Waals surface area contributed by atoms with Crippen molar-refractivity contribution in [2.24, 2.45) is 5.73 Å². The van der Waals surface area contributed by atoms with Crippen molar-refractivity contribution in [3.63, 3.8) is 0 Å². The number of nitrogens with one attached hydrogen (secondary N) is 2. The molecule has 10 nitrogen and oxygen atoms in total. The molecular formula is C34H44F2N4O6. The highest BCUT2D eigenvalue weighted by Gasteiger charge is 2.33. The number of aliphatic hydroxyl groups is 2. The zero-order chi connectivity index (χ0) is 34.0. The van der Waals surface area contributed by atoms with E-state index >= 15 is 0 Å². The van der Waals surface area contributed by atoms with Gasteiger partial charge >= 0.3 is 0 Å². The van der Waals surface area contributed by atoms with Gasteiger partial charge in [0.25, 0.3) is 17.7 Å². The quantitative estimate of drug-likeness (QED) is 0.170. The van der Waals surface area contributed by atoms with E-state index in [1.807, 2.05) is 13.8 Å². The summed E-state index contributed by atoms with van der Waals surface area (Å²) in [7, 11) is 0. The summed E-state index contributed by atoms with van der Waals surface area (Å²) in [5.74, 6) is -4.45. The number of nitrogens with two attached hydrogens (primary N) is 1. The molecule has 0 saturated heterocycles. The number of rotatable bonds is 15. The molecule has 0 aliphatic carbocycles. The second-order valence-electron chi connectivity index (χ2n) is 11.1.